The number of nitrogen functional groups attached to an aromatic ring is 1. The number of fused-ring (bicyclic) bond motifs is 3. The van der Waals surface area contributed by atoms with E-state index in [2.05, 4.69) is 13.0 Å². The molecule has 0 bridgehead atoms. The summed E-state index contributed by atoms with van der Waals surface area (Å²) >= 11 is 0. The van der Waals surface area contributed by atoms with Crippen molar-refractivity contribution in [3.8, 4) is 0 Å². The van der Waals surface area contributed by atoms with Crippen molar-refractivity contribution in [2.75, 3.05) is 5.73 Å². The summed E-state index contributed by atoms with van der Waals surface area (Å²) in [7, 11) is 0. The largest absolute Gasteiger partial charge is 0.456 e. The van der Waals surface area contributed by atoms with E-state index < -0.39 is 0 Å². The maximum atomic E-state index is 5.98. The molecule has 0 unspecified atom stereocenters. The molecule has 1 heterocycles. The van der Waals surface area contributed by atoms with Gasteiger partial charge in [-0.3, -0.25) is 0 Å². The van der Waals surface area contributed by atoms with Gasteiger partial charge >= 0.3 is 0 Å². The molecule has 0 spiro atoms. The molecule has 0 amide bonds. The van der Waals surface area contributed by atoms with Crippen LogP contribution < -0.4 is 5.73 Å². The molecule has 2 nitrogen and oxygen atoms in total. The van der Waals surface area contributed by atoms with Crippen LogP contribution >= 0.6 is 0 Å². The Labute approximate surface area is 87.3 Å². The highest BCUT2D eigenvalue weighted by molar-refractivity contribution is 6.12. The van der Waals surface area contributed by atoms with Crippen LogP contribution in [0.4, 0.5) is 5.69 Å². The summed E-state index contributed by atoms with van der Waals surface area (Å²) in [6.07, 6.45) is 0. The Kier molecular flexibility index (Phi) is 1.54. The van der Waals surface area contributed by atoms with Crippen molar-refractivity contribution in [3.63, 3.8) is 0 Å². The predicted octanol–water partition coefficient (Wildman–Crippen LogP) is 3.48. The molecule has 0 aliphatic rings. The lowest BCUT2D eigenvalue weighted by atomic mass is 10.1. The summed E-state index contributed by atoms with van der Waals surface area (Å²) in [4.78, 5) is 0. The fourth-order valence-corrected chi connectivity index (χ4v) is 2.07. The second kappa shape index (κ2) is 2.76. The number of furan rings is 1. The number of hydrogen-bond donors (Lipinski definition) is 1. The van der Waals surface area contributed by atoms with Gasteiger partial charge in [0.25, 0.3) is 0 Å². The summed E-state index contributed by atoms with van der Waals surface area (Å²) in [5.74, 6) is 0. The third kappa shape index (κ3) is 1.05. The topological polar surface area (TPSA) is 39.2 Å². The Morgan fingerprint density at radius 2 is 1.60 bits per heavy atom. The first-order valence-electron chi connectivity index (χ1n) is 4.93. The first-order chi connectivity index (χ1) is 7.27. The highest BCUT2D eigenvalue weighted by Crippen LogP contribution is 2.34. The average Bonchev–Trinajstić information content (AvgIpc) is 2.58. The second-order valence-electron chi connectivity index (χ2n) is 3.77. The molecule has 2 heteroatoms. The zero-order chi connectivity index (χ0) is 10.4. The predicted molar refractivity (Wildman–Crippen MR) is 62.9 cm³/mol. The summed E-state index contributed by atoms with van der Waals surface area (Å²) in [6.45, 7) is 2.07. The standard InChI is InChI=1S/C13H11NO/c1-8-4-2-6-10-12(8)13-9(14)5-3-7-11(13)15-10/h2-7H,14H2,1H3. The van der Waals surface area contributed by atoms with Crippen LogP contribution in [0, 0.1) is 6.92 Å². The monoisotopic (exact) mass is 197 g/mol. The van der Waals surface area contributed by atoms with E-state index in [1.807, 2.05) is 30.3 Å². The Bertz CT molecular complexity index is 596. The molecular formula is C13H11NO. The van der Waals surface area contributed by atoms with E-state index in [9.17, 15) is 0 Å². The molecule has 0 aliphatic carbocycles. The van der Waals surface area contributed by atoms with Gasteiger partial charge in [0.05, 0.1) is 5.39 Å². The van der Waals surface area contributed by atoms with E-state index in [4.69, 9.17) is 10.2 Å². The molecule has 0 radical (unpaired) electrons. The van der Waals surface area contributed by atoms with Gasteiger partial charge in [-0.15, -0.1) is 0 Å². The second-order valence-corrected chi connectivity index (χ2v) is 3.77. The van der Waals surface area contributed by atoms with Crippen LogP contribution in [0.25, 0.3) is 21.9 Å². The van der Waals surface area contributed by atoms with Crippen LogP contribution in [-0.2, 0) is 0 Å². The first kappa shape index (κ1) is 8.36. The van der Waals surface area contributed by atoms with E-state index in [1.54, 1.807) is 0 Å². The van der Waals surface area contributed by atoms with Gasteiger partial charge in [0, 0.05) is 11.1 Å². The van der Waals surface area contributed by atoms with Gasteiger partial charge < -0.3 is 10.2 Å². The Balaban J connectivity index is 2.67. The molecule has 3 rings (SSSR count). The Morgan fingerprint density at radius 3 is 2.40 bits per heavy atom. The number of nitrogens with two attached hydrogens (primary N) is 1. The van der Waals surface area contributed by atoms with E-state index in [0.29, 0.717) is 0 Å². The van der Waals surface area contributed by atoms with E-state index in [-0.39, 0.29) is 0 Å². The number of anilines is 1. The minimum atomic E-state index is 0.778. The molecule has 0 aliphatic heterocycles. The van der Waals surface area contributed by atoms with Crippen LogP contribution in [0.2, 0.25) is 0 Å². The van der Waals surface area contributed by atoms with Crippen molar-refractivity contribution < 1.29 is 4.42 Å². The van der Waals surface area contributed by atoms with Gasteiger partial charge in [-0.25, -0.2) is 0 Å². The van der Waals surface area contributed by atoms with Gasteiger partial charge in [0.15, 0.2) is 0 Å². The van der Waals surface area contributed by atoms with Crippen molar-refractivity contribution in [2.24, 2.45) is 0 Å². The fraction of sp³-hybridized carbons (Fsp3) is 0.0769. The van der Waals surface area contributed by atoms with Crippen LogP contribution in [0.15, 0.2) is 40.8 Å². The van der Waals surface area contributed by atoms with Crippen molar-refractivity contribution in [1.29, 1.82) is 0 Å². The zero-order valence-corrected chi connectivity index (χ0v) is 8.45. The van der Waals surface area contributed by atoms with E-state index in [1.165, 1.54) is 5.56 Å². The highest BCUT2D eigenvalue weighted by Gasteiger charge is 2.10. The summed E-state index contributed by atoms with van der Waals surface area (Å²) < 4.78 is 5.73. The third-order valence-electron chi connectivity index (χ3n) is 2.76. The van der Waals surface area contributed by atoms with Gasteiger partial charge in [0.2, 0.25) is 0 Å². The highest BCUT2D eigenvalue weighted by atomic mass is 16.3. The molecule has 15 heavy (non-hydrogen) atoms. The van der Waals surface area contributed by atoms with Crippen molar-refractivity contribution in [2.45, 2.75) is 6.92 Å². The molecule has 0 atom stereocenters. The Morgan fingerprint density at radius 1 is 0.933 bits per heavy atom. The van der Waals surface area contributed by atoms with Crippen LogP contribution in [-0.4, -0.2) is 0 Å². The van der Waals surface area contributed by atoms with Gasteiger partial charge in [0.1, 0.15) is 11.2 Å². The summed E-state index contributed by atoms with van der Waals surface area (Å²) in [5, 5.41) is 2.16. The quantitative estimate of drug-likeness (QED) is 0.560. The van der Waals surface area contributed by atoms with Crippen LogP contribution in [0.5, 0.6) is 0 Å². The molecule has 3 aromatic rings. The molecule has 0 saturated heterocycles. The number of hydrogen-bond acceptors (Lipinski definition) is 2. The van der Waals surface area contributed by atoms with Gasteiger partial charge in [-0.1, -0.05) is 18.2 Å². The van der Waals surface area contributed by atoms with E-state index in [0.717, 1.165) is 27.6 Å². The van der Waals surface area contributed by atoms with Crippen molar-refractivity contribution in [1.82, 2.24) is 0 Å². The molecule has 2 N–H and O–H groups in total. The van der Waals surface area contributed by atoms with Crippen molar-refractivity contribution >= 4 is 27.6 Å². The molecular weight excluding hydrogens is 186 g/mol. The smallest absolute Gasteiger partial charge is 0.137 e. The molecule has 0 fully saturated rings. The lowest BCUT2D eigenvalue weighted by molar-refractivity contribution is 0.669. The first-order valence-corrected chi connectivity index (χ1v) is 4.93. The van der Waals surface area contributed by atoms with Crippen LogP contribution in [0.1, 0.15) is 5.56 Å². The number of aryl methyl sites for hydroxylation is 1. The zero-order valence-electron chi connectivity index (χ0n) is 8.45. The lowest BCUT2D eigenvalue weighted by Gasteiger charge is -1.97. The summed E-state index contributed by atoms with van der Waals surface area (Å²) in [5.41, 5.74) is 9.72. The normalized spacial score (nSPS) is 11.3. The SMILES string of the molecule is Cc1cccc2oc3cccc(N)c3c12. The molecule has 2 aromatic carbocycles. The van der Waals surface area contributed by atoms with Crippen LogP contribution in [0.3, 0.4) is 0 Å². The van der Waals surface area contributed by atoms with Crippen molar-refractivity contribution in [3.05, 3.63) is 42.0 Å². The molecule has 74 valence electrons. The summed E-state index contributed by atoms with van der Waals surface area (Å²) in [6, 6.07) is 11.8. The lowest BCUT2D eigenvalue weighted by Crippen LogP contribution is -1.84. The maximum Gasteiger partial charge on any atom is 0.137 e. The molecule has 0 saturated carbocycles. The average molecular weight is 197 g/mol. The van der Waals surface area contributed by atoms with Gasteiger partial charge in [-0.05, 0) is 30.7 Å². The van der Waals surface area contributed by atoms with Gasteiger partial charge in [-0.2, -0.15) is 0 Å². The maximum absolute atomic E-state index is 5.98. The minimum absolute atomic E-state index is 0.778. The Hall–Kier alpha value is -1.96. The third-order valence-corrected chi connectivity index (χ3v) is 2.76. The number of rotatable bonds is 0. The molecule has 1 aromatic heterocycles. The van der Waals surface area contributed by atoms with E-state index >= 15 is 0 Å². The number of benzene rings is 2. The minimum Gasteiger partial charge on any atom is -0.456 e. The fourth-order valence-electron chi connectivity index (χ4n) is 2.07.